The highest BCUT2D eigenvalue weighted by atomic mass is 32.2. The van der Waals surface area contributed by atoms with E-state index in [9.17, 15) is 27.8 Å². The van der Waals surface area contributed by atoms with Gasteiger partial charge in [-0.2, -0.15) is 0 Å². The molecule has 2 saturated heterocycles. The lowest BCUT2D eigenvalue weighted by atomic mass is 9.78. The van der Waals surface area contributed by atoms with Crippen LogP contribution in [0.15, 0.2) is 72.8 Å². The molecule has 0 aliphatic carbocycles. The van der Waals surface area contributed by atoms with Gasteiger partial charge in [0.25, 0.3) is 0 Å². The molecule has 8 nitrogen and oxygen atoms in total. The van der Waals surface area contributed by atoms with E-state index in [1.807, 2.05) is 62.4 Å². The van der Waals surface area contributed by atoms with Crippen molar-refractivity contribution in [1.82, 2.24) is 0 Å². The maximum absolute atomic E-state index is 13.6. The van der Waals surface area contributed by atoms with Crippen molar-refractivity contribution in [2.24, 2.45) is 5.92 Å². The van der Waals surface area contributed by atoms with Gasteiger partial charge in [-0.25, -0.2) is 12.8 Å². The van der Waals surface area contributed by atoms with Crippen LogP contribution >= 0.6 is 0 Å². The zero-order valence-corrected chi connectivity index (χ0v) is 28.2. The molecule has 2 aliphatic rings. The summed E-state index contributed by atoms with van der Waals surface area (Å²) in [6.45, 7) is 4.08. The fourth-order valence-electron chi connectivity index (χ4n) is 6.31. The van der Waals surface area contributed by atoms with Crippen molar-refractivity contribution < 1.29 is 37.3 Å². The SMILES string of the molecule is CC1(C)OCC(O)(CCc2ccc([C@@H]3C(CC[C@H](O)c4ccc(F)cc4)C(=O)N3c3ccc(CCCCS(C)(=O)=O)cc3)cc2)CO1. The Bertz CT molecular complexity index is 1600. The van der Waals surface area contributed by atoms with Crippen molar-refractivity contribution in [3.05, 3.63) is 101 Å². The number of β-lactam (4-membered cyclic amide) rings is 1. The smallest absolute Gasteiger partial charge is 0.233 e. The molecule has 2 aliphatic heterocycles. The highest BCUT2D eigenvalue weighted by Gasteiger charge is 2.48. The van der Waals surface area contributed by atoms with Crippen LogP contribution in [0, 0.1) is 11.7 Å². The summed E-state index contributed by atoms with van der Waals surface area (Å²) in [4.78, 5) is 15.4. The molecule has 10 heteroatoms. The van der Waals surface area contributed by atoms with Crippen molar-refractivity contribution in [3.63, 3.8) is 0 Å². The van der Waals surface area contributed by atoms with Crippen molar-refractivity contribution in [1.29, 1.82) is 0 Å². The van der Waals surface area contributed by atoms with Gasteiger partial charge < -0.3 is 24.6 Å². The van der Waals surface area contributed by atoms with E-state index in [2.05, 4.69) is 0 Å². The number of carbonyl (C=O) groups is 1. The van der Waals surface area contributed by atoms with Crippen molar-refractivity contribution in [2.75, 3.05) is 30.1 Å². The van der Waals surface area contributed by atoms with E-state index < -0.39 is 27.3 Å². The first-order valence-electron chi connectivity index (χ1n) is 16.3. The van der Waals surface area contributed by atoms with Crippen molar-refractivity contribution in [2.45, 2.75) is 82.3 Å². The summed E-state index contributed by atoms with van der Waals surface area (Å²) >= 11 is 0. The van der Waals surface area contributed by atoms with E-state index >= 15 is 0 Å². The minimum absolute atomic E-state index is 0.0197. The first-order chi connectivity index (χ1) is 22.2. The predicted octanol–water partition coefficient (Wildman–Crippen LogP) is 5.86. The number of benzene rings is 3. The highest BCUT2D eigenvalue weighted by molar-refractivity contribution is 7.90. The van der Waals surface area contributed by atoms with Gasteiger partial charge in [-0.05, 0) is 105 Å². The number of amides is 1. The third-order valence-electron chi connectivity index (χ3n) is 9.24. The molecule has 0 saturated carbocycles. The van der Waals surface area contributed by atoms with Crippen LogP contribution < -0.4 is 4.90 Å². The monoisotopic (exact) mass is 667 g/mol. The number of aliphatic hydroxyl groups excluding tert-OH is 1. The number of aliphatic hydroxyl groups is 2. The number of carbonyl (C=O) groups excluding carboxylic acids is 1. The average Bonchev–Trinajstić information content (AvgIpc) is 3.03. The molecular weight excluding hydrogens is 621 g/mol. The molecule has 254 valence electrons. The Balaban J connectivity index is 1.28. The van der Waals surface area contributed by atoms with Gasteiger partial charge >= 0.3 is 0 Å². The number of aryl methyl sites for hydroxylation is 2. The summed E-state index contributed by atoms with van der Waals surface area (Å²) < 4.78 is 47.6. The molecule has 2 fully saturated rings. The van der Waals surface area contributed by atoms with Crippen LogP contribution in [0.1, 0.15) is 80.4 Å². The molecule has 47 heavy (non-hydrogen) atoms. The Kier molecular flexibility index (Phi) is 10.9. The lowest BCUT2D eigenvalue weighted by Crippen LogP contribution is -2.55. The Labute approximate surface area is 277 Å². The second kappa shape index (κ2) is 14.5. The second-order valence-corrected chi connectivity index (χ2v) is 15.9. The number of hydrogen-bond acceptors (Lipinski definition) is 7. The Morgan fingerprint density at radius 2 is 1.51 bits per heavy atom. The zero-order valence-electron chi connectivity index (χ0n) is 27.4. The van der Waals surface area contributed by atoms with Gasteiger partial charge in [0.15, 0.2) is 5.79 Å². The Hall–Kier alpha value is -3.15. The summed E-state index contributed by atoms with van der Waals surface area (Å²) in [5.41, 5.74) is 3.44. The molecule has 2 heterocycles. The minimum atomic E-state index is -2.98. The molecule has 0 spiro atoms. The third kappa shape index (κ3) is 9.27. The number of rotatable bonds is 14. The number of ether oxygens (including phenoxy) is 2. The highest BCUT2D eigenvalue weighted by Crippen LogP contribution is 2.46. The van der Waals surface area contributed by atoms with Crippen molar-refractivity contribution >= 4 is 21.4 Å². The molecule has 3 aromatic rings. The topological polar surface area (TPSA) is 113 Å². The minimum Gasteiger partial charge on any atom is -0.388 e. The first-order valence-corrected chi connectivity index (χ1v) is 18.4. The maximum atomic E-state index is 13.6. The van der Waals surface area contributed by atoms with Crippen LogP contribution in [0.25, 0.3) is 0 Å². The molecular formula is C37H46FNO7S. The van der Waals surface area contributed by atoms with Gasteiger partial charge in [0.2, 0.25) is 5.91 Å². The lowest BCUT2D eigenvalue weighted by molar-refractivity contribution is -0.302. The van der Waals surface area contributed by atoms with Crippen LogP contribution in [0.5, 0.6) is 0 Å². The summed E-state index contributed by atoms with van der Waals surface area (Å²) in [6.07, 6.45) is 4.50. The largest absolute Gasteiger partial charge is 0.388 e. The predicted molar refractivity (Wildman–Crippen MR) is 179 cm³/mol. The van der Waals surface area contributed by atoms with Gasteiger partial charge in [0.1, 0.15) is 21.3 Å². The van der Waals surface area contributed by atoms with E-state index in [1.54, 1.807) is 17.0 Å². The molecule has 3 atom stereocenters. The van der Waals surface area contributed by atoms with E-state index in [0.29, 0.717) is 37.7 Å². The molecule has 0 bridgehead atoms. The summed E-state index contributed by atoms with van der Waals surface area (Å²) in [6, 6.07) is 21.5. The maximum Gasteiger partial charge on any atom is 0.233 e. The number of hydrogen-bond donors (Lipinski definition) is 2. The first kappa shape index (κ1) is 35.2. The van der Waals surface area contributed by atoms with Crippen LogP contribution in [0.4, 0.5) is 10.1 Å². The fourth-order valence-corrected chi connectivity index (χ4v) is 7.04. The third-order valence-corrected chi connectivity index (χ3v) is 10.3. The molecule has 0 aromatic heterocycles. The van der Waals surface area contributed by atoms with Crippen LogP contribution in [0.3, 0.4) is 0 Å². The molecule has 3 aromatic carbocycles. The van der Waals surface area contributed by atoms with E-state index in [1.165, 1.54) is 18.4 Å². The summed E-state index contributed by atoms with van der Waals surface area (Å²) in [5.74, 6) is -1.26. The quantitative estimate of drug-likeness (QED) is 0.164. The summed E-state index contributed by atoms with van der Waals surface area (Å²) in [7, 11) is -2.98. The van der Waals surface area contributed by atoms with E-state index in [-0.39, 0.29) is 42.7 Å². The number of sulfone groups is 1. The van der Waals surface area contributed by atoms with E-state index in [4.69, 9.17) is 9.47 Å². The van der Waals surface area contributed by atoms with Gasteiger partial charge in [-0.15, -0.1) is 0 Å². The van der Waals surface area contributed by atoms with Gasteiger partial charge in [-0.1, -0.05) is 48.5 Å². The van der Waals surface area contributed by atoms with Crippen LogP contribution in [-0.4, -0.2) is 61.1 Å². The van der Waals surface area contributed by atoms with Crippen LogP contribution in [0.2, 0.25) is 0 Å². The lowest BCUT2D eigenvalue weighted by Gasteiger charge is -2.48. The zero-order chi connectivity index (χ0) is 33.8. The normalized spacial score (nSPS) is 21.3. The molecule has 5 rings (SSSR count). The van der Waals surface area contributed by atoms with Crippen molar-refractivity contribution in [3.8, 4) is 0 Å². The van der Waals surface area contributed by atoms with E-state index in [0.717, 1.165) is 35.2 Å². The van der Waals surface area contributed by atoms with Gasteiger partial charge in [-0.3, -0.25) is 4.79 Å². The fraction of sp³-hybridized carbons (Fsp3) is 0.486. The standard InChI is InChI=1S/C37H46FNO7S/c1-36(2)45-24-37(42,25-46-36)22-21-27-7-11-29(12-8-27)34-32(19-20-33(40)28-13-15-30(38)16-14-28)35(41)39(34)31-17-9-26(10-18-31)6-4-5-23-47(3,43)44/h7-18,32-34,40,42H,4-6,19-25H2,1-3H3/t32?,33-,34+/m0/s1. The molecule has 2 N–H and O–H groups in total. The Morgan fingerprint density at radius 3 is 2.13 bits per heavy atom. The number of anilines is 1. The number of halogens is 1. The second-order valence-electron chi connectivity index (χ2n) is 13.6. The van der Waals surface area contributed by atoms with Crippen LogP contribution in [-0.2, 0) is 36.9 Å². The Morgan fingerprint density at radius 1 is 0.915 bits per heavy atom. The van der Waals surface area contributed by atoms with Gasteiger partial charge in [0, 0.05) is 17.7 Å². The molecule has 1 amide bonds. The molecule has 1 unspecified atom stereocenters. The average molecular weight is 668 g/mol. The molecule has 0 radical (unpaired) electrons. The van der Waals surface area contributed by atoms with Gasteiger partial charge in [0.05, 0.1) is 31.3 Å². The summed E-state index contributed by atoms with van der Waals surface area (Å²) in [5, 5.41) is 21.7. The number of unbranched alkanes of at least 4 members (excludes halogenated alkanes) is 1. The number of nitrogens with zero attached hydrogens (tertiary/aromatic N) is 1.